The van der Waals surface area contributed by atoms with Gasteiger partial charge in [-0.3, -0.25) is 0 Å². The zero-order valence-electron chi connectivity index (χ0n) is 6.10. The molecule has 0 spiro atoms. The van der Waals surface area contributed by atoms with Crippen molar-refractivity contribution in [2.24, 2.45) is 0 Å². The van der Waals surface area contributed by atoms with Crippen LogP contribution in [-0.2, 0) is 35.8 Å². The van der Waals surface area contributed by atoms with Gasteiger partial charge in [0, 0.05) is 11.9 Å². The predicted molar refractivity (Wildman–Crippen MR) is 17.6 cm³/mol. The smallest absolute Gasteiger partial charge is 0.848 e. The number of carboxylic acids is 2. The number of aliphatic carboxylic acids is 2. The van der Waals surface area contributed by atoms with Crippen LogP contribution < -0.4 is 71.8 Å². The van der Waals surface area contributed by atoms with Gasteiger partial charge in [-0.15, -0.1) is 0 Å². The Morgan fingerprint density at radius 3 is 1.17 bits per heavy atom. The summed E-state index contributed by atoms with van der Waals surface area (Å²) in [5.74, 6) is -4.46. The quantitative estimate of drug-likeness (QED) is 0.471. The van der Waals surface area contributed by atoms with Crippen LogP contribution in [0.25, 0.3) is 0 Å². The third-order valence-electron chi connectivity index (χ3n) is 0.740. The summed E-state index contributed by atoms with van der Waals surface area (Å²) in [5.41, 5.74) is 0. The molecule has 0 aromatic rings. The van der Waals surface area contributed by atoms with E-state index in [0.717, 1.165) is 0 Å². The number of hydrogen-bond acceptors (Lipinski definition) is 6. The maximum atomic E-state index is 9.97. The van der Waals surface area contributed by atoms with Crippen molar-refractivity contribution >= 4 is 11.9 Å². The molecule has 0 rings (SSSR count). The molecule has 6 nitrogen and oxygen atoms in total. The summed E-state index contributed by atoms with van der Waals surface area (Å²) in [6.45, 7) is 0. The molecule has 0 heterocycles. The molecule has 1 radical (unpaired) electrons. The average molecular weight is 276 g/mol. The fourth-order valence-electron chi connectivity index (χ4n) is 0.247. The Bertz CT molecular complexity index is 144. The fourth-order valence-corrected chi connectivity index (χ4v) is 0.247. The van der Waals surface area contributed by atoms with Crippen molar-refractivity contribution in [3.05, 3.63) is 0 Å². The van der Waals surface area contributed by atoms with Gasteiger partial charge in [-0.05, 0) is 0 Å². The van der Waals surface area contributed by atoms with Crippen LogP contribution in [0.15, 0.2) is 0 Å². The predicted octanol–water partition coefficient (Wildman–Crippen LogP) is -9.05. The molecule has 0 aromatic carbocycles. The second-order valence-corrected chi connectivity index (χ2v) is 1.48. The molecule has 2 atom stereocenters. The number of carboxylic acid groups (broad SMARTS) is 2. The monoisotopic (exact) mass is 275 g/mol. The van der Waals surface area contributed by atoms with Crippen molar-refractivity contribution in [2.75, 3.05) is 0 Å². The Hall–Kier alpha value is 1.38. The van der Waals surface area contributed by atoms with Crippen LogP contribution >= 0.6 is 0 Å². The summed E-state index contributed by atoms with van der Waals surface area (Å²) in [5, 5.41) is 39.0. The van der Waals surface area contributed by atoms with Crippen LogP contribution in [0.1, 0.15) is 0 Å². The van der Waals surface area contributed by atoms with Crippen LogP contribution in [-0.4, -0.2) is 24.1 Å². The van der Waals surface area contributed by atoms with E-state index in [0.29, 0.717) is 0 Å². The largest absolute Gasteiger partial charge is 3.00 e. The molecule has 0 fully saturated rings. The number of rotatable bonds is 3. The van der Waals surface area contributed by atoms with Gasteiger partial charge in [0.25, 0.3) is 0 Å². The first-order valence-electron chi connectivity index (χ1n) is 2.20. The molecule has 0 bridgehead atoms. The molecule has 0 aliphatic rings. The molecule has 8 heteroatoms. The molecule has 0 aliphatic heterocycles. The summed E-state index contributed by atoms with van der Waals surface area (Å²) in [6.07, 6.45) is -5.60. The van der Waals surface area contributed by atoms with E-state index in [2.05, 4.69) is 0 Å². The van der Waals surface area contributed by atoms with Gasteiger partial charge in [-0.2, -0.15) is 0 Å². The standard InChI is InChI=1S/C4H4O6.K.Zr/c5-1(3(7)8)2(6)4(9)10;;/h1-2H,(H,7,8)(H,9,10);;/q-2;+1;+3/p-2/t1-,2-;;/m1../s1. The van der Waals surface area contributed by atoms with E-state index in [1.54, 1.807) is 0 Å². The summed E-state index contributed by atoms with van der Waals surface area (Å²) in [7, 11) is 0. The summed E-state index contributed by atoms with van der Waals surface area (Å²) >= 11 is 0. The molecular formula is C4H2KO6Zr. The van der Waals surface area contributed by atoms with Crippen molar-refractivity contribution < 1.29 is 108 Å². The normalized spacial score (nSPS) is 13.2. The minimum atomic E-state index is -2.80. The third kappa shape index (κ3) is 6.85. The van der Waals surface area contributed by atoms with Crippen LogP contribution in [0, 0.1) is 0 Å². The number of carbonyl (C=O) groups excluding carboxylic acids is 2. The Balaban J connectivity index is -0.000000405. The van der Waals surface area contributed by atoms with Crippen LogP contribution in [0.2, 0.25) is 0 Å². The molecule has 59 valence electrons. The van der Waals surface area contributed by atoms with Crippen molar-refractivity contribution in [2.45, 2.75) is 12.2 Å². The SMILES string of the molecule is O=C([O-])[C@H]([O-])[C@@H]([O-])C(=O)[O-].[K+].[Zr+3]. The van der Waals surface area contributed by atoms with Gasteiger partial charge >= 0.3 is 77.6 Å². The van der Waals surface area contributed by atoms with E-state index in [-0.39, 0.29) is 77.6 Å². The van der Waals surface area contributed by atoms with Crippen molar-refractivity contribution in [3.63, 3.8) is 0 Å². The zero-order chi connectivity index (χ0) is 8.31. The number of hydrogen-bond donors (Lipinski definition) is 0. The topological polar surface area (TPSA) is 126 Å². The molecule has 0 aromatic heterocycles. The Labute approximate surface area is 130 Å². The van der Waals surface area contributed by atoms with Gasteiger partial charge in [-0.25, -0.2) is 0 Å². The first-order chi connectivity index (χ1) is 4.46. The molecular weight excluding hydrogens is 274 g/mol. The Morgan fingerprint density at radius 2 is 1.08 bits per heavy atom. The minimum absolute atomic E-state index is 0. The summed E-state index contributed by atoms with van der Waals surface area (Å²) in [4.78, 5) is 19.1. The van der Waals surface area contributed by atoms with Crippen molar-refractivity contribution in [1.29, 1.82) is 0 Å². The molecule has 0 N–H and O–H groups in total. The van der Waals surface area contributed by atoms with Crippen molar-refractivity contribution in [3.8, 4) is 0 Å². The second-order valence-electron chi connectivity index (χ2n) is 1.48. The van der Waals surface area contributed by atoms with Crippen molar-refractivity contribution in [1.82, 2.24) is 0 Å². The Kier molecular flexibility index (Phi) is 14.2. The average Bonchev–Trinajstić information content (AvgIpc) is 1.84. The first-order valence-corrected chi connectivity index (χ1v) is 2.20. The minimum Gasteiger partial charge on any atom is -0.848 e. The molecule has 0 amide bonds. The van der Waals surface area contributed by atoms with Crippen LogP contribution in [0.4, 0.5) is 0 Å². The van der Waals surface area contributed by atoms with Gasteiger partial charge in [0.05, 0.1) is 0 Å². The van der Waals surface area contributed by atoms with Gasteiger partial charge in [-0.1, -0.05) is 12.2 Å². The van der Waals surface area contributed by atoms with Gasteiger partial charge in [0.15, 0.2) is 0 Å². The first kappa shape index (κ1) is 19.0. The molecule has 12 heavy (non-hydrogen) atoms. The van der Waals surface area contributed by atoms with Gasteiger partial charge < -0.3 is 30.0 Å². The maximum Gasteiger partial charge on any atom is 3.00 e. The van der Waals surface area contributed by atoms with Crippen LogP contribution in [0.3, 0.4) is 0 Å². The van der Waals surface area contributed by atoms with Gasteiger partial charge in [0.2, 0.25) is 0 Å². The molecule has 0 aliphatic carbocycles. The summed E-state index contributed by atoms with van der Waals surface area (Å²) < 4.78 is 0. The maximum absolute atomic E-state index is 9.97. The third-order valence-corrected chi connectivity index (χ3v) is 0.740. The fraction of sp³-hybridized carbons (Fsp3) is 0.500. The zero-order valence-corrected chi connectivity index (χ0v) is 11.7. The van der Waals surface area contributed by atoms with E-state index >= 15 is 0 Å². The molecule has 0 unspecified atom stereocenters. The second kappa shape index (κ2) is 8.96. The Morgan fingerprint density at radius 1 is 0.917 bits per heavy atom. The molecule has 0 saturated heterocycles. The van der Waals surface area contributed by atoms with Crippen LogP contribution in [0.5, 0.6) is 0 Å². The van der Waals surface area contributed by atoms with E-state index in [1.165, 1.54) is 0 Å². The molecule has 0 saturated carbocycles. The van der Waals surface area contributed by atoms with Gasteiger partial charge in [0.1, 0.15) is 0 Å². The summed E-state index contributed by atoms with van der Waals surface area (Å²) in [6, 6.07) is 0. The van der Waals surface area contributed by atoms with E-state index < -0.39 is 24.1 Å². The number of carbonyl (C=O) groups is 2. The van der Waals surface area contributed by atoms with E-state index in [4.69, 9.17) is 0 Å². The van der Waals surface area contributed by atoms with E-state index in [9.17, 15) is 30.0 Å². The van der Waals surface area contributed by atoms with E-state index in [1.807, 2.05) is 0 Å².